The van der Waals surface area contributed by atoms with E-state index in [9.17, 15) is 10.5 Å². The maximum Gasteiger partial charge on any atom is 0.161 e. The third-order valence-electron chi connectivity index (χ3n) is 3.62. The van der Waals surface area contributed by atoms with Gasteiger partial charge in [0.25, 0.3) is 0 Å². The highest BCUT2D eigenvalue weighted by Crippen LogP contribution is 2.37. The van der Waals surface area contributed by atoms with Crippen LogP contribution in [0.4, 0.5) is 5.82 Å². The van der Waals surface area contributed by atoms with Crippen LogP contribution < -0.4 is 15.2 Å². The molecule has 2 aromatic rings. The first kappa shape index (κ1) is 18.3. The molecule has 0 saturated heterocycles. The number of benzene rings is 1. The van der Waals surface area contributed by atoms with Crippen LogP contribution in [0.25, 0.3) is 11.1 Å². The van der Waals surface area contributed by atoms with Gasteiger partial charge in [-0.05, 0) is 24.1 Å². The Morgan fingerprint density at radius 1 is 1.20 bits per heavy atom. The molecule has 0 spiro atoms. The van der Waals surface area contributed by atoms with E-state index in [1.165, 1.54) is 7.11 Å². The van der Waals surface area contributed by atoms with Gasteiger partial charge in [0.1, 0.15) is 17.5 Å². The van der Waals surface area contributed by atoms with Crippen LogP contribution in [0.5, 0.6) is 11.5 Å². The number of unbranched alkanes of at least 4 members (excludes halogenated alkanes) is 1. The van der Waals surface area contributed by atoms with Gasteiger partial charge in [0, 0.05) is 5.56 Å². The quantitative estimate of drug-likeness (QED) is 0.628. The molecule has 0 atom stereocenters. The zero-order valence-corrected chi connectivity index (χ0v) is 14.8. The van der Waals surface area contributed by atoms with Gasteiger partial charge in [-0.3, -0.25) is 4.98 Å². The van der Waals surface area contributed by atoms with Crippen molar-refractivity contribution in [1.29, 1.82) is 10.5 Å². The first-order valence-corrected chi connectivity index (χ1v) is 8.10. The van der Waals surface area contributed by atoms with Crippen molar-refractivity contribution in [2.75, 3.05) is 19.5 Å². The van der Waals surface area contributed by atoms with Crippen LogP contribution in [0.1, 0.15) is 30.9 Å². The summed E-state index contributed by atoms with van der Waals surface area (Å²) in [6.45, 7) is 2.66. The van der Waals surface area contributed by atoms with Gasteiger partial charge in [0.2, 0.25) is 0 Å². The Morgan fingerprint density at radius 2 is 1.92 bits per heavy atom. The largest absolute Gasteiger partial charge is 0.759 e. The molecule has 2 rings (SSSR count). The lowest BCUT2D eigenvalue weighted by molar-refractivity contribution is 0.288. The number of nitrogens with two attached hydrogens (primary N) is 1. The minimum absolute atomic E-state index is 0.00346. The molecular weight excluding hydrogens is 336 g/mol. The van der Waals surface area contributed by atoms with E-state index in [0.29, 0.717) is 29.2 Å². The molecule has 0 aliphatic carbocycles. The molecule has 0 amide bonds. The highest BCUT2D eigenvalue weighted by Gasteiger charge is 2.17. The number of nitriles is 2. The van der Waals surface area contributed by atoms with Crippen LogP contribution in [0.15, 0.2) is 23.2 Å². The Kier molecular flexibility index (Phi) is 5.99. The first-order valence-electron chi connectivity index (χ1n) is 7.69. The van der Waals surface area contributed by atoms with Gasteiger partial charge in [-0.15, -0.1) is 0 Å². The zero-order chi connectivity index (χ0) is 18.4. The average Bonchev–Trinajstić information content (AvgIpc) is 2.61. The normalized spacial score (nSPS) is 9.92. The number of aromatic nitrogens is 1. The standard InChI is InChI=1S/C18H18N4O2S/c1-3-4-7-24-14-6-5-11(8-15(14)23-2)16-12(9-19)17(21)22-18(25)13(16)10-20/h5-6,8H,3-4,7H2,1-2H3,(H3,21,22,25)/p-1. The van der Waals surface area contributed by atoms with E-state index in [1.807, 2.05) is 12.1 Å². The molecule has 1 aromatic carbocycles. The predicted octanol–water partition coefficient (Wildman–Crippen LogP) is 3.17. The van der Waals surface area contributed by atoms with E-state index >= 15 is 0 Å². The number of pyridine rings is 1. The molecule has 0 bridgehead atoms. The molecule has 6 nitrogen and oxygen atoms in total. The Morgan fingerprint density at radius 3 is 2.52 bits per heavy atom. The van der Waals surface area contributed by atoms with Gasteiger partial charge in [0.05, 0.1) is 25.3 Å². The van der Waals surface area contributed by atoms with Crippen molar-refractivity contribution in [2.24, 2.45) is 0 Å². The number of hydrogen-bond donors (Lipinski definition) is 1. The molecule has 1 heterocycles. The Balaban J connectivity index is 2.60. The van der Waals surface area contributed by atoms with Crippen LogP contribution in [0.2, 0.25) is 0 Å². The second-order valence-electron chi connectivity index (χ2n) is 5.22. The summed E-state index contributed by atoms with van der Waals surface area (Å²) in [4.78, 5) is 3.90. The summed E-state index contributed by atoms with van der Waals surface area (Å²) < 4.78 is 11.1. The number of anilines is 1. The van der Waals surface area contributed by atoms with Crippen LogP contribution in [0, 0.1) is 22.7 Å². The van der Waals surface area contributed by atoms with Crippen LogP contribution in [-0.2, 0) is 12.6 Å². The fourth-order valence-corrected chi connectivity index (χ4v) is 2.60. The number of nitrogens with zero attached hydrogens (tertiary/aromatic N) is 3. The van der Waals surface area contributed by atoms with Crippen molar-refractivity contribution in [3.05, 3.63) is 29.3 Å². The van der Waals surface area contributed by atoms with Crippen molar-refractivity contribution < 1.29 is 9.47 Å². The highest BCUT2D eigenvalue weighted by atomic mass is 32.1. The third-order valence-corrected chi connectivity index (χ3v) is 3.92. The van der Waals surface area contributed by atoms with E-state index in [1.54, 1.807) is 18.2 Å². The molecular formula is C18H17N4O2S-. The van der Waals surface area contributed by atoms with Crippen LogP contribution in [-0.4, -0.2) is 18.7 Å². The predicted molar refractivity (Wildman–Crippen MR) is 96.1 cm³/mol. The van der Waals surface area contributed by atoms with E-state index < -0.39 is 0 Å². The molecule has 0 fully saturated rings. The van der Waals surface area contributed by atoms with Gasteiger partial charge in [-0.2, -0.15) is 10.5 Å². The van der Waals surface area contributed by atoms with E-state index in [4.69, 9.17) is 27.8 Å². The Labute approximate surface area is 152 Å². The summed E-state index contributed by atoms with van der Waals surface area (Å²) in [5.41, 5.74) is 7.02. The van der Waals surface area contributed by atoms with E-state index in [-0.39, 0.29) is 22.0 Å². The topological polar surface area (TPSA) is 105 Å². The van der Waals surface area contributed by atoms with Crippen LogP contribution in [0.3, 0.4) is 0 Å². The smallest absolute Gasteiger partial charge is 0.161 e. The monoisotopic (exact) mass is 353 g/mol. The second kappa shape index (κ2) is 8.18. The summed E-state index contributed by atoms with van der Waals surface area (Å²) in [5.74, 6) is 1.10. The van der Waals surface area contributed by atoms with E-state index in [0.717, 1.165) is 12.8 Å². The van der Waals surface area contributed by atoms with Gasteiger partial charge < -0.3 is 27.8 Å². The number of hydrogen-bond acceptors (Lipinski definition) is 7. The third kappa shape index (κ3) is 3.73. The maximum absolute atomic E-state index is 9.43. The number of nitrogen functional groups attached to an aromatic ring is 1. The molecule has 1 aromatic heterocycles. The van der Waals surface area contributed by atoms with Gasteiger partial charge in [-0.25, -0.2) is 0 Å². The minimum Gasteiger partial charge on any atom is -0.759 e. The summed E-state index contributed by atoms with van der Waals surface area (Å²) in [6.07, 6.45) is 1.96. The van der Waals surface area contributed by atoms with Gasteiger partial charge in [0.15, 0.2) is 11.5 Å². The molecule has 25 heavy (non-hydrogen) atoms. The lowest BCUT2D eigenvalue weighted by atomic mass is 9.96. The highest BCUT2D eigenvalue weighted by molar-refractivity contribution is 7.58. The van der Waals surface area contributed by atoms with Gasteiger partial charge in [-0.1, -0.05) is 24.4 Å². The number of ether oxygens (including phenoxy) is 2. The zero-order valence-electron chi connectivity index (χ0n) is 14.0. The lowest BCUT2D eigenvalue weighted by Crippen LogP contribution is -2.04. The molecule has 0 saturated carbocycles. The number of rotatable bonds is 6. The summed E-state index contributed by atoms with van der Waals surface area (Å²) in [6, 6.07) is 9.20. The van der Waals surface area contributed by atoms with Crippen molar-refractivity contribution in [1.82, 2.24) is 4.98 Å². The summed E-state index contributed by atoms with van der Waals surface area (Å²) in [7, 11) is 1.53. The minimum atomic E-state index is 0.00346. The summed E-state index contributed by atoms with van der Waals surface area (Å²) >= 11 is 5.11. The van der Waals surface area contributed by atoms with Crippen molar-refractivity contribution in [3.63, 3.8) is 0 Å². The SMILES string of the molecule is CCCCOc1ccc(-c2c(C#N)c(N)nc([S-])c2C#N)cc1OC. The summed E-state index contributed by atoms with van der Waals surface area (Å²) in [5, 5.41) is 18.9. The van der Waals surface area contributed by atoms with Crippen molar-refractivity contribution in [2.45, 2.75) is 24.8 Å². The fraction of sp³-hybridized carbons (Fsp3) is 0.278. The molecule has 128 valence electrons. The second-order valence-corrected chi connectivity index (χ2v) is 5.61. The Hall–Kier alpha value is -3.03. The fourth-order valence-electron chi connectivity index (χ4n) is 2.36. The molecule has 7 heteroatoms. The molecule has 0 radical (unpaired) electrons. The maximum atomic E-state index is 9.43. The van der Waals surface area contributed by atoms with Gasteiger partial charge >= 0.3 is 0 Å². The van der Waals surface area contributed by atoms with E-state index in [2.05, 4.69) is 11.9 Å². The lowest BCUT2D eigenvalue weighted by Gasteiger charge is -2.17. The molecule has 0 aliphatic rings. The van der Waals surface area contributed by atoms with Crippen molar-refractivity contribution in [3.8, 4) is 34.8 Å². The molecule has 0 unspecified atom stereocenters. The van der Waals surface area contributed by atoms with Crippen LogP contribution >= 0.6 is 0 Å². The number of methoxy groups -OCH3 is 1. The molecule has 0 aliphatic heterocycles. The Bertz CT molecular complexity index is 831. The molecule has 2 N–H and O–H groups in total. The first-order chi connectivity index (χ1) is 12.1. The average molecular weight is 353 g/mol. The van der Waals surface area contributed by atoms with Crippen molar-refractivity contribution >= 4 is 18.4 Å².